The number of carbonyl (C=O) groups excluding carboxylic acids is 1. The predicted molar refractivity (Wildman–Crippen MR) is 132 cm³/mol. The smallest absolute Gasteiger partial charge is 0.550 e. The van der Waals surface area contributed by atoms with Gasteiger partial charge in [-0.05, 0) is 61.8 Å². The third kappa shape index (κ3) is 5.83. The van der Waals surface area contributed by atoms with Gasteiger partial charge in [-0.15, -0.1) is 0 Å². The number of carboxylic acid groups (broad SMARTS) is 1. The number of hydrogen-bond donors (Lipinski definition) is 2. The van der Waals surface area contributed by atoms with Crippen LogP contribution in [0, 0.1) is 11.7 Å². The van der Waals surface area contributed by atoms with Gasteiger partial charge in [-0.25, -0.2) is 4.39 Å². The van der Waals surface area contributed by atoms with Gasteiger partial charge >= 0.3 is 29.6 Å². The number of ether oxygens (including phenoxy) is 1. The van der Waals surface area contributed by atoms with Crippen molar-refractivity contribution in [3.8, 4) is 11.1 Å². The molecule has 4 saturated carbocycles. The molecule has 4 aliphatic carbocycles. The maximum absolute atomic E-state index is 14.0. The minimum absolute atomic E-state index is 0. The predicted octanol–water partition coefficient (Wildman–Crippen LogP) is 0.885. The monoisotopic (exact) mass is 537 g/mol. The quantitative estimate of drug-likeness (QED) is 0.413. The van der Waals surface area contributed by atoms with E-state index in [9.17, 15) is 24.5 Å². The Labute approximate surface area is 243 Å². The minimum atomic E-state index is -1.37. The number of aliphatic hydroxyl groups excluding tert-OH is 2. The Morgan fingerprint density at radius 3 is 2.57 bits per heavy atom. The average molecular weight is 538 g/mol. The summed E-state index contributed by atoms with van der Waals surface area (Å²) in [5, 5.41) is 31.5. The number of aromatic nitrogens is 1. The fraction of sp³-hybridized carbons (Fsp3) is 0.500. The molecule has 4 fully saturated rings. The molecule has 192 valence electrons. The van der Waals surface area contributed by atoms with E-state index < -0.39 is 30.4 Å². The second-order valence-electron chi connectivity index (χ2n) is 10.6. The molecule has 0 aliphatic heterocycles. The van der Waals surface area contributed by atoms with Crippen molar-refractivity contribution in [3.05, 3.63) is 57.6 Å². The van der Waals surface area contributed by atoms with Gasteiger partial charge < -0.3 is 24.9 Å². The Bertz CT molecular complexity index is 1200. The molecule has 0 radical (unpaired) electrons. The van der Waals surface area contributed by atoms with E-state index in [1.165, 1.54) is 12.1 Å². The van der Waals surface area contributed by atoms with Crippen LogP contribution in [0.25, 0.3) is 17.2 Å². The van der Waals surface area contributed by atoms with Crippen molar-refractivity contribution in [1.29, 1.82) is 0 Å². The van der Waals surface area contributed by atoms with Crippen LogP contribution in [0.4, 0.5) is 4.39 Å². The third-order valence-corrected chi connectivity index (χ3v) is 8.07. The number of hydrogen-bond acceptors (Lipinski definition) is 6. The molecule has 0 saturated heterocycles. The van der Waals surface area contributed by atoms with Crippen LogP contribution >= 0.6 is 11.6 Å². The topological polar surface area (TPSA) is 103 Å². The summed E-state index contributed by atoms with van der Waals surface area (Å²) in [7, 11) is 1.63. The van der Waals surface area contributed by atoms with Gasteiger partial charge in [0.2, 0.25) is 0 Å². The van der Waals surface area contributed by atoms with Gasteiger partial charge in [-0.1, -0.05) is 23.8 Å². The molecule has 37 heavy (non-hydrogen) atoms. The van der Waals surface area contributed by atoms with Crippen LogP contribution < -0.4 is 34.7 Å². The number of carboxylic acids is 1. The summed E-state index contributed by atoms with van der Waals surface area (Å²) in [6, 6.07) is 4.35. The first-order valence-electron chi connectivity index (χ1n) is 12.5. The van der Waals surface area contributed by atoms with E-state index in [0.29, 0.717) is 12.2 Å². The van der Waals surface area contributed by atoms with Crippen LogP contribution in [0.1, 0.15) is 73.4 Å². The number of nitrogens with zero attached hydrogens (tertiary/aromatic N) is 1. The van der Waals surface area contributed by atoms with Crippen molar-refractivity contribution in [2.24, 2.45) is 5.92 Å². The van der Waals surface area contributed by atoms with E-state index in [2.05, 4.69) is 0 Å². The fourth-order valence-electron chi connectivity index (χ4n) is 5.83. The van der Waals surface area contributed by atoms with Crippen LogP contribution in [0.3, 0.4) is 0 Å². The summed E-state index contributed by atoms with van der Waals surface area (Å²) in [5.74, 6) is -0.763. The van der Waals surface area contributed by atoms with Crippen molar-refractivity contribution in [2.45, 2.75) is 75.1 Å². The van der Waals surface area contributed by atoms with Crippen molar-refractivity contribution >= 4 is 23.6 Å². The molecule has 2 N–H and O–H groups in total. The van der Waals surface area contributed by atoms with Crippen LogP contribution in [0.15, 0.2) is 24.3 Å². The normalized spacial score (nSPS) is 23.6. The van der Waals surface area contributed by atoms with E-state index in [1.54, 1.807) is 25.3 Å². The standard InChI is InChI=1S/C28H31ClFNO5.Na/c1-36-14-22-25(20-6-4-17(30)8-23(20)29)21(7-5-18(32)9-19(33)10-24(34)35)26(16-2-3-16)31-27(22)28-11-15(12-28)13-28;/h4-8,15-16,18-19,32-33H,2-3,9-14H2,1H3,(H,34,35);/q;+1/p-1/b7-5+;/t15?,18-,19-,28?;/m1./s1. The maximum atomic E-state index is 14.0. The second-order valence-corrected chi connectivity index (χ2v) is 11.0. The molecule has 2 atom stereocenters. The fourth-order valence-corrected chi connectivity index (χ4v) is 6.09. The molecule has 4 aliphatic rings. The van der Waals surface area contributed by atoms with Gasteiger partial charge in [0.1, 0.15) is 5.82 Å². The molecular formula is C28H30ClFNNaO5. The largest absolute Gasteiger partial charge is 1.00 e. The first-order valence-corrected chi connectivity index (χ1v) is 12.8. The molecule has 1 aromatic heterocycles. The Hall–Kier alpha value is -1.32. The van der Waals surface area contributed by atoms with Crippen LogP contribution in [0.5, 0.6) is 0 Å². The SMILES string of the molecule is COCc1c(C23CC(C2)C3)nc(C2CC2)c(/C=C/[C@@H](O)C[C@@H](O)CC(=O)[O-])c1-c1ccc(F)cc1Cl.[Na+]. The molecule has 2 aromatic rings. The summed E-state index contributed by atoms with van der Waals surface area (Å²) in [6.07, 6.45) is 5.68. The van der Waals surface area contributed by atoms with Gasteiger partial charge in [-0.3, -0.25) is 4.98 Å². The van der Waals surface area contributed by atoms with Crippen LogP contribution in [-0.2, 0) is 21.6 Å². The Balaban J connectivity index is 0.00000320. The van der Waals surface area contributed by atoms with Crippen molar-refractivity contribution in [2.75, 3.05) is 7.11 Å². The van der Waals surface area contributed by atoms with Gasteiger partial charge in [-0.2, -0.15) is 0 Å². The Morgan fingerprint density at radius 1 is 1.32 bits per heavy atom. The van der Waals surface area contributed by atoms with Gasteiger partial charge in [0.05, 0.1) is 35.2 Å². The molecule has 2 bridgehead atoms. The van der Waals surface area contributed by atoms with E-state index in [-0.39, 0.29) is 52.3 Å². The number of rotatable bonds is 11. The average Bonchev–Trinajstić information content (AvgIpc) is 3.56. The zero-order valence-electron chi connectivity index (χ0n) is 21.2. The number of halogens is 2. The summed E-state index contributed by atoms with van der Waals surface area (Å²) in [5.41, 5.74) is 5.27. The maximum Gasteiger partial charge on any atom is 1.00 e. The number of methoxy groups -OCH3 is 1. The Morgan fingerprint density at radius 2 is 2.03 bits per heavy atom. The van der Waals surface area contributed by atoms with Crippen LogP contribution in [0.2, 0.25) is 5.02 Å². The summed E-state index contributed by atoms with van der Waals surface area (Å²) in [6.45, 7) is 0.316. The molecule has 6 rings (SSSR count). The van der Waals surface area contributed by atoms with E-state index in [0.717, 1.165) is 66.1 Å². The third-order valence-electron chi connectivity index (χ3n) is 7.76. The van der Waals surface area contributed by atoms with Crippen LogP contribution in [-0.4, -0.2) is 40.5 Å². The number of aliphatic hydroxyl groups is 2. The van der Waals surface area contributed by atoms with Gasteiger partial charge in [0.25, 0.3) is 0 Å². The first-order chi connectivity index (χ1) is 17.2. The van der Waals surface area contributed by atoms with E-state index in [1.807, 2.05) is 0 Å². The summed E-state index contributed by atoms with van der Waals surface area (Å²) in [4.78, 5) is 16.0. The number of aliphatic carboxylic acids is 1. The van der Waals surface area contributed by atoms with E-state index >= 15 is 0 Å². The molecule has 1 aromatic carbocycles. The van der Waals surface area contributed by atoms with E-state index in [4.69, 9.17) is 21.3 Å². The minimum Gasteiger partial charge on any atom is -0.550 e. The molecule has 6 nitrogen and oxygen atoms in total. The van der Waals surface area contributed by atoms with Crippen molar-refractivity contribution in [3.63, 3.8) is 0 Å². The molecule has 0 amide bonds. The summed E-state index contributed by atoms with van der Waals surface area (Å²) < 4.78 is 19.6. The first kappa shape index (κ1) is 28.7. The molecule has 9 heteroatoms. The number of carbonyl (C=O) groups is 1. The molecule has 0 unspecified atom stereocenters. The zero-order valence-corrected chi connectivity index (χ0v) is 23.9. The molecule has 1 heterocycles. The Kier molecular flexibility index (Phi) is 8.86. The zero-order chi connectivity index (χ0) is 25.6. The second kappa shape index (κ2) is 11.4. The number of benzene rings is 1. The number of pyridine rings is 1. The van der Waals surface area contributed by atoms with Crippen molar-refractivity contribution in [1.82, 2.24) is 4.98 Å². The summed E-state index contributed by atoms with van der Waals surface area (Å²) >= 11 is 6.59. The van der Waals surface area contributed by atoms with Gasteiger partial charge in [0, 0.05) is 53.9 Å². The van der Waals surface area contributed by atoms with Gasteiger partial charge in [0.15, 0.2) is 0 Å². The van der Waals surface area contributed by atoms with Crippen molar-refractivity contribution < 1.29 is 58.8 Å². The molecule has 0 spiro atoms. The molecular weight excluding hydrogens is 508 g/mol.